The molecule has 3 heterocycles. The molecule has 3 fully saturated rings. The van der Waals surface area contributed by atoms with Crippen LogP contribution in [0, 0.1) is 0 Å². The first-order valence-corrected chi connectivity index (χ1v) is 7.79. The predicted octanol–water partition coefficient (Wildman–Crippen LogP) is 2.25. The van der Waals surface area contributed by atoms with E-state index in [0.29, 0.717) is 12.5 Å². The van der Waals surface area contributed by atoms with Crippen molar-refractivity contribution in [1.29, 1.82) is 0 Å². The summed E-state index contributed by atoms with van der Waals surface area (Å²) in [6.45, 7) is 3.00. The second-order valence-corrected chi connectivity index (χ2v) is 6.41. The second-order valence-electron chi connectivity index (χ2n) is 6.41. The molecule has 2 aliphatic heterocycles. The predicted molar refractivity (Wildman–Crippen MR) is 75.8 cm³/mol. The van der Waals surface area contributed by atoms with Crippen molar-refractivity contribution in [2.45, 2.75) is 49.9 Å². The van der Waals surface area contributed by atoms with Gasteiger partial charge in [0.25, 0.3) is 0 Å². The molecule has 0 amide bonds. The highest BCUT2D eigenvalue weighted by Gasteiger charge is 2.48. The molecule has 4 rings (SSSR count). The number of aromatic nitrogens is 1. The van der Waals surface area contributed by atoms with Gasteiger partial charge in [0.15, 0.2) is 0 Å². The summed E-state index contributed by atoms with van der Waals surface area (Å²) >= 11 is 0. The Morgan fingerprint density at radius 3 is 3.05 bits per heavy atom. The van der Waals surface area contributed by atoms with Gasteiger partial charge in [-0.1, -0.05) is 12.5 Å². The van der Waals surface area contributed by atoms with E-state index in [1.54, 1.807) is 6.20 Å². The second kappa shape index (κ2) is 5.01. The maximum absolute atomic E-state index is 6.14. The fourth-order valence-electron chi connectivity index (χ4n) is 3.69. The van der Waals surface area contributed by atoms with Gasteiger partial charge in [-0.3, -0.25) is 4.90 Å². The minimum Gasteiger partial charge on any atom is -0.472 e. The van der Waals surface area contributed by atoms with Crippen molar-refractivity contribution < 1.29 is 9.47 Å². The number of hydrogen-bond acceptors (Lipinski definition) is 4. The molecule has 1 aromatic heterocycles. The minimum atomic E-state index is 0.0506. The summed E-state index contributed by atoms with van der Waals surface area (Å²) in [7, 11) is 0. The smallest absolute Gasteiger partial charge is 0.213 e. The zero-order chi connectivity index (χ0) is 13.4. The summed E-state index contributed by atoms with van der Waals surface area (Å²) in [5, 5.41) is 0. The molecule has 0 bridgehead atoms. The molecule has 20 heavy (non-hydrogen) atoms. The third kappa shape index (κ3) is 2.31. The van der Waals surface area contributed by atoms with Gasteiger partial charge in [0.1, 0.15) is 6.10 Å². The van der Waals surface area contributed by atoms with E-state index in [9.17, 15) is 0 Å². The summed E-state index contributed by atoms with van der Waals surface area (Å²) in [5.41, 5.74) is 0.0506. The van der Waals surface area contributed by atoms with Crippen molar-refractivity contribution in [2.24, 2.45) is 0 Å². The highest BCUT2D eigenvalue weighted by atomic mass is 16.6. The number of nitrogens with zero attached hydrogens (tertiary/aromatic N) is 2. The van der Waals surface area contributed by atoms with Crippen molar-refractivity contribution in [2.75, 3.05) is 19.7 Å². The Kier molecular flexibility index (Phi) is 3.15. The summed E-state index contributed by atoms with van der Waals surface area (Å²) in [6, 6.07) is 6.61. The summed E-state index contributed by atoms with van der Waals surface area (Å²) in [5.74, 6) is 0.715. The van der Waals surface area contributed by atoms with Crippen molar-refractivity contribution in [3.63, 3.8) is 0 Å². The van der Waals surface area contributed by atoms with Crippen LogP contribution in [0.2, 0.25) is 0 Å². The fourth-order valence-corrected chi connectivity index (χ4v) is 3.69. The Hall–Kier alpha value is -1.13. The largest absolute Gasteiger partial charge is 0.472 e. The molecular weight excluding hydrogens is 252 g/mol. The first kappa shape index (κ1) is 12.6. The number of likely N-dealkylation sites (tertiary alicyclic amines) is 1. The molecule has 2 atom stereocenters. The van der Waals surface area contributed by atoms with Gasteiger partial charge in [0, 0.05) is 37.8 Å². The Morgan fingerprint density at radius 2 is 2.30 bits per heavy atom. The molecule has 2 saturated heterocycles. The van der Waals surface area contributed by atoms with E-state index in [1.165, 1.54) is 25.8 Å². The standard InChI is InChI=1S/C16H22N2O2/c1-2-8-17-15(6-1)20-14-10-16(19-11-14)7-9-18(12-16)13-4-3-5-13/h1-2,6,8,13-14H,3-5,7,9-12H2/t14-,16+/m0/s1. The zero-order valence-electron chi connectivity index (χ0n) is 11.8. The van der Waals surface area contributed by atoms with Crippen LogP contribution < -0.4 is 4.74 Å². The Labute approximate surface area is 120 Å². The monoisotopic (exact) mass is 274 g/mol. The van der Waals surface area contributed by atoms with Crippen LogP contribution in [-0.2, 0) is 4.74 Å². The van der Waals surface area contributed by atoms with Gasteiger partial charge < -0.3 is 9.47 Å². The lowest BCUT2D eigenvalue weighted by atomic mass is 9.91. The molecule has 0 aromatic carbocycles. The molecular formula is C16H22N2O2. The fraction of sp³-hybridized carbons (Fsp3) is 0.688. The van der Waals surface area contributed by atoms with E-state index in [2.05, 4.69) is 9.88 Å². The molecule has 1 aliphatic carbocycles. The van der Waals surface area contributed by atoms with E-state index in [0.717, 1.165) is 25.4 Å². The average Bonchev–Trinajstić information content (AvgIpc) is 2.97. The maximum Gasteiger partial charge on any atom is 0.213 e. The molecule has 4 heteroatoms. The molecule has 1 spiro atoms. The maximum atomic E-state index is 6.14. The van der Waals surface area contributed by atoms with Gasteiger partial charge in [-0.25, -0.2) is 4.98 Å². The van der Waals surface area contributed by atoms with Crippen LogP contribution in [0.1, 0.15) is 32.1 Å². The molecule has 1 saturated carbocycles. The lowest BCUT2D eigenvalue weighted by Crippen LogP contribution is -2.41. The molecule has 4 nitrogen and oxygen atoms in total. The normalized spacial score (nSPS) is 34.5. The van der Waals surface area contributed by atoms with Gasteiger partial charge in [0.2, 0.25) is 5.88 Å². The van der Waals surface area contributed by atoms with Crippen LogP contribution in [0.5, 0.6) is 5.88 Å². The van der Waals surface area contributed by atoms with Crippen molar-refractivity contribution >= 4 is 0 Å². The number of rotatable bonds is 3. The zero-order valence-corrected chi connectivity index (χ0v) is 11.8. The van der Waals surface area contributed by atoms with Crippen molar-refractivity contribution in [3.8, 4) is 5.88 Å². The first-order chi connectivity index (χ1) is 9.83. The topological polar surface area (TPSA) is 34.6 Å². The van der Waals surface area contributed by atoms with Crippen LogP contribution in [0.3, 0.4) is 0 Å². The van der Waals surface area contributed by atoms with Gasteiger partial charge in [-0.05, 0) is 25.3 Å². The van der Waals surface area contributed by atoms with Crippen LogP contribution in [0.15, 0.2) is 24.4 Å². The lowest BCUT2D eigenvalue weighted by molar-refractivity contribution is 0.00260. The third-order valence-electron chi connectivity index (χ3n) is 5.04. The van der Waals surface area contributed by atoms with Crippen LogP contribution in [0.4, 0.5) is 0 Å². The number of ether oxygens (including phenoxy) is 2. The lowest BCUT2D eigenvalue weighted by Gasteiger charge is -2.35. The molecule has 108 valence electrons. The Morgan fingerprint density at radius 1 is 1.35 bits per heavy atom. The van der Waals surface area contributed by atoms with E-state index >= 15 is 0 Å². The van der Waals surface area contributed by atoms with Gasteiger partial charge in [-0.15, -0.1) is 0 Å². The van der Waals surface area contributed by atoms with Gasteiger partial charge >= 0.3 is 0 Å². The van der Waals surface area contributed by atoms with Crippen molar-refractivity contribution in [3.05, 3.63) is 24.4 Å². The molecule has 3 aliphatic rings. The molecule has 0 radical (unpaired) electrons. The minimum absolute atomic E-state index is 0.0506. The molecule has 1 aromatic rings. The van der Waals surface area contributed by atoms with Crippen LogP contribution in [-0.4, -0.2) is 47.3 Å². The van der Waals surface area contributed by atoms with Crippen LogP contribution in [0.25, 0.3) is 0 Å². The molecule has 0 unspecified atom stereocenters. The summed E-state index contributed by atoms with van der Waals surface area (Å²) < 4.78 is 12.1. The number of pyridine rings is 1. The van der Waals surface area contributed by atoms with E-state index in [4.69, 9.17) is 9.47 Å². The average molecular weight is 274 g/mol. The SMILES string of the molecule is c1ccc(O[C@@H]2CO[C@]3(CCN(C4CCC4)C3)C2)nc1. The van der Waals surface area contributed by atoms with Gasteiger partial charge in [0.05, 0.1) is 12.2 Å². The van der Waals surface area contributed by atoms with Crippen LogP contribution >= 0.6 is 0 Å². The third-order valence-corrected chi connectivity index (χ3v) is 5.04. The van der Waals surface area contributed by atoms with Crippen molar-refractivity contribution in [1.82, 2.24) is 9.88 Å². The Bertz CT molecular complexity index is 463. The summed E-state index contributed by atoms with van der Waals surface area (Å²) in [6.07, 6.45) is 8.26. The van der Waals surface area contributed by atoms with E-state index in [-0.39, 0.29) is 11.7 Å². The number of hydrogen-bond donors (Lipinski definition) is 0. The van der Waals surface area contributed by atoms with E-state index < -0.39 is 0 Å². The first-order valence-electron chi connectivity index (χ1n) is 7.79. The molecule has 0 N–H and O–H groups in total. The quantitative estimate of drug-likeness (QED) is 0.846. The highest BCUT2D eigenvalue weighted by Crippen LogP contribution is 2.39. The van der Waals surface area contributed by atoms with Gasteiger partial charge in [-0.2, -0.15) is 0 Å². The van der Waals surface area contributed by atoms with E-state index in [1.807, 2.05) is 18.2 Å². The highest BCUT2D eigenvalue weighted by molar-refractivity contribution is 5.11. The Balaban J connectivity index is 1.36. The summed E-state index contributed by atoms with van der Waals surface area (Å²) in [4.78, 5) is 6.87.